The molecule has 158 valence electrons. The normalized spacial score (nSPS) is 16.5. The minimum absolute atomic E-state index is 0.277. The maximum atomic E-state index is 12.7. The van der Waals surface area contributed by atoms with Crippen LogP contribution in [0, 0.1) is 0 Å². The number of nitrogens with zero attached hydrogens (tertiary/aromatic N) is 5. The maximum absolute atomic E-state index is 12.7. The third-order valence-corrected chi connectivity index (χ3v) is 5.55. The summed E-state index contributed by atoms with van der Waals surface area (Å²) in [4.78, 5) is 45.2. The van der Waals surface area contributed by atoms with Crippen molar-refractivity contribution in [3.63, 3.8) is 0 Å². The quantitative estimate of drug-likeness (QED) is 0.760. The highest BCUT2D eigenvalue weighted by Gasteiger charge is 2.30. The van der Waals surface area contributed by atoms with E-state index in [2.05, 4.69) is 15.4 Å². The maximum Gasteiger partial charge on any atom is 0.312 e. The number of hydrogen-bond donors (Lipinski definition) is 1. The molecule has 2 aromatic rings. The molecule has 2 aliphatic heterocycles. The molecule has 1 N–H and O–H groups in total. The van der Waals surface area contributed by atoms with Crippen molar-refractivity contribution < 1.29 is 14.4 Å². The Morgan fingerprint density at radius 3 is 2.43 bits per heavy atom. The summed E-state index contributed by atoms with van der Waals surface area (Å²) in [5, 5.41) is 7.16. The smallest absolute Gasteiger partial charge is 0.312 e. The van der Waals surface area contributed by atoms with Crippen LogP contribution in [0.5, 0.6) is 0 Å². The Hall–Kier alpha value is -3.23. The van der Waals surface area contributed by atoms with Gasteiger partial charge in [0, 0.05) is 25.8 Å². The van der Waals surface area contributed by atoms with Gasteiger partial charge < -0.3 is 15.1 Å². The van der Waals surface area contributed by atoms with Crippen LogP contribution in [0.3, 0.4) is 0 Å². The summed E-state index contributed by atoms with van der Waals surface area (Å²) in [7, 11) is 0. The highest BCUT2D eigenvalue weighted by atomic mass is 16.2. The molecule has 9 heteroatoms. The Morgan fingerprint density at radius 2 is 1.70 bits per heavy atom. The van der Waals surface area contributed by atoms with Gasteiger partial charge in [-0.1, -0.05) is 18.9 Å². The molecule has 4 rings (SSSR count). The van der Waals surface area contributed by atoms with E-state index in [4.69, 9.17) is 0 Å². The minimum atomic E-state index is -0.467. The van der Waals surface area contributed by atoms with Gasteiger partial charge in [0.2, 0.25) is 0 Å². The molecule has 2 aliphatic rings. The number of rotatable bonds is 3. The second-order valence-electron chi connectivity index (χ2n) is 7.68. The lowest BCUT2D eigenvalue weighted by atomic mass is 10.2. The zero-order chi connectivity index (χ0) is 20.9. The molecular formula is C21H26N6O3. The standard InChI is InChI=1S/C21H26N6O3/c28-19(23-14-16-7-3-4-8-22-16)18-13-17-15-26(11-12-27(17)24-18)21(30)20(29)25-9-5-1-2-6-10-25/h3-4,7-8,13H,1-2,5-6,9-12,14-15H2,(H,23,28). The third kappa shape index (κ3) is 4.50. The van der Waals surface area contributed by atoms with Crippen LogP contribution in [-0.4, -0.2) is 61.9 Å². The molecule has 30 heavy (non-hydrogen) atoms. The average Bonchev–Trinajstić information content (AvgIpc) is 3.02. The molecule has 0 spiro atoms. The van der Waals surface area contributed by atoms with Crippen LogP contribution in [0.1, 0.15) is 47.6 Å². The number of amides is 3. The van der Waals surface area contributed by atoms with Gasteiger partial charge in [0.15, 0.2) is 5.69 Å². The Morgan fingerprint density at radius 1 is 0.933 bits per heavy atom. The molecule has 0 unspecified atom stereocenters. The molecular weight excluding hydrogens is 384 g/mol. The van der Waals surface area contributed by atoms with Crippen molar-refractivity contribution in [3.8, 4) is 0 Å². The highest BCUT2D eigenvalue weighted by molar-refractivity contribution is 6.34. The summed E-state index contributed by atoms with van der Waals surface area (Å²) in [6.45, 7) is 2.76. The molecule has 0 atom stereocenters. The van der Waals surface area contributed by atoms with Gasteiger partial charge in [-0.25, -0.2) is 0 Å². The van der Waals surface area contributed by atoms with Crippen molar-refractivity contribution in [3.05, 3.63) is 47.5 Å². The monoisotopic (exact) mass is 410 g/mol. The number of pyridine rings is 1. The lowest BCUT2D eigenvalue weighted by molar-refractivity contribution is -0.152. The molecule has 9 nitrogen and oxygen atoms in total. The van der Waals surface area contributed by atoms with E-state index in [-0.39, 0.29) is 12.5 Å². The molecule has 2 aromatic heterocycles. The van der Waals surface area contributed by atoms with Crippen molar-refractivity contribution in [2.75, 3.05) is 19.6 Å². The molecule has 0 aromatic carbocycles. The van der Waals surface area contributed by atoms with Crippen LogP contribution in [-0.2, 0) is 29.2 Å². The summed E-state index contributed by atoms with van der Waals surface area (Å²) in [6, 6.07) is 7.20. The van der Waals surface area contributed by atoms with Crippen molar-refractivity contribution in [1.82, 2.24) is 29.9 Å². The van der Waals surface area contributed by atoms with Gasteiger partial charge >= 0.3 is 11.8 Å². The van der Waals surface area contributed by atoms with Gasteiger partial charge in [-0.15, -0.1) is 0 Å². The summed E-state index contributed by atoms with van der Waals surface area (Å²) in [5.74, 6) is -1.18. The van der Waals surface area contributed by atoms with E-state index in [0.717, 1.165) is 37.1 Å². The molecule has 0 radical (unpaired) electrons. The van der Waals surface area contributed by atoms with Crippen LogP contribution >= 0.6 is 0 Å². The van der Waals surface area contributed by atoms with Crippen LogP contribution in [0.15, 0.2) is 30.5 Å². The lowest BCUT2D eigenvalue weighted by Gasteiger charge is -2.29. The van der Waals surface area contributed by atoms with E-state index >= 15 is 0 Å². The number of nitrogens with one attached hydrogen (secondary N) is 1. The van der Waals surface area contributed by atoms with Crippen LogP contribution in [0.4, 0.5) is 0 Å². The SMILES string of the molecule is O=C(NCc1ccccn1)c1cc2n(n1)CCN(C(=O)C(=O)N1CCCCCC1)C2. The fourth-order valence-corrected chi connectivity index (χ4v) is 3.86. The lowest BCUT2D eigenvalue weighted by Crippen LogP contribution is -2.48. The van der Waals surface area contributed by atoms with Gasteiger partial charge in [0.1, 0.15) is 0 Å². The number of carbonyl (C=O) groups is 3. The number of carbonyl (C=O) groups excluding carboxylic acids is 3. The van der Waals surface area contributed by atoms with Gasteiger partial charge in [0.25, 0.3) is 5.91 Å². The van der Waals surface area contributed by atoms with Gasteiger partial charge in [0.05, 0.1) is 31.0 Å². The fraction of sp³-hybridized carbons (Fsp3) is 0.476. The van der Waals surface area contributed by atoms with Gasteiger partial charge in [-0.05, 0) is 31.0 Å². The average molecular weight is 410 g/mol. The Kier molecular flexibility index (Phi) is 6.06. The Balaban J connectivity index is 1.37. The van der Waals surface area contributed by atoms with E-state index < -0.39 is 11.8 Å². The topological polar surface area (TPSA) is 100 Å². The molecule has 1 saturated heterocycles. The van der Waals surface area contributed by atoms with Gasteiger partial charge in [-0.3, -0.25) is 24.0 Å². The van der Waals surface area contributed by atoms with Crippen LogP contribution in [0.2, 0.25) is 0 Å². The number of hydrogen-bond acceptors (Lipinski definition) is 5. The largest absolute Gasteiger partial charge is 0.345 e. The summed E-state index contributed by atoms with van der Waals surface area (Å²) in [6.07, 6.45) is 5.78. The zero-order valence-corrected chi connectivity index (χ0v) is 16.9. The van der Waals surface area contributed by atoms with E-state index in [1.165, 1.54) is 0 Å². The van der Waals surface area contributed by atoms with Crippen molar-refractivity contribution in [2.45, 2.75) is 45.3 Å². The Labute approximate surface area is 175 Å². The predicted molar refractivity (Wildman–Crippen MR) is 108 cm³/mol. The van der Waals surface area contributed by atoms with Crippen LogP contribution in [0.25, 0.3) is 0 Å². The number of fused-ring (bicyclic) bond motifs is 1. The molecule has 1 fully saturated rings. The molecule has 0 aliphatic carbocycles. The third-order valence-electron chi connectivity index (χ3n) is 5.55. The Bertz CT molecular complexity index is 918. The molecule has 0 bridgehead atoms. The van der Waals surface area contributed by atoms with E-state index in [1.54, 1.807) is 26.7 Å². The van der Waals surface area contributed by atoms with E-state index in [9.17, 15) is 14.4 Å². The summed E-state index contributed by atoms with van der Waals surface area (Å²) in [5.41, 5.74) is 1.81. The first-order chi connectivity index (χ1) is 14.6. The molecule has 4 heterocycles. The first kappa shape index (κ1) is 20.1. The van der Waals surface area contributed by atoms with Gasteiger partial charge in [-0.2, -0.15) is 5.10 Å². The van der Waals surface area contributed by atoms with Crippen molar-refractivity contribution >= 4 is 17.7 Å². The first-order valence-corrected chi connectivity index (χ1v) is 10.4. The van der Waals surface area contributed by atoms with Crippen molar-refractivity contribution in [2.24, 2.45) is 0 Å². The minimum Gasteiger partial charge on any atom is -0.345 e. The molecule has 0 saturated carbocycles. The van der Waals surface area contributed by atoms with E-state index in [0.29, 0.717) is 38.4 Å². The summed E-state index contributed by atoms with van der Waals surface area (Å²) < 4.78 is 1.73. The predicted octanol–water partition coefficient (Wildman–Crippen LogP) is 0.953. The molecule has 3 amide bonds. The van der Waals surface area contributed by atoms with Crippen LogP contribution < -0.4 is 5.32 Å². The number of likely N-dealkylation sites (tertiary alicyclic amines) is 1. The second-order valence-corrected chi connectivity index (χ2v) is 7.68. The zero-order valence-electron chi connectivity index (χ0n) is 16.9. The van der Waals surface area contributed by atoms with Crippen molar-refractivity contribution in [1.29, 1.82) is 0 Å². The summed E-state index contributed by atoms with van der Waals surface area (Å²) >= 11 is 0. The fourth-order valence-electron chi connectivity index (χ4n) is 3.86. The van der Waals surface area contributed by atoms with E-state index in [1.807, 2.05) is 18.2 Å². The highest BCUT2D eigenvalue weighted by Crippen LogP contribution is 2.16. The first-order valence-electron chi connectivity index (χ1n) is 10.4. The number of aromatic nitrogens is 3. The second kappa shape index (κ2) is 9.06.